The van der Waals surface area contributed by atoms with Crippen molar-refractivity contribution in [2.75, 3.05) is 33.9 Å². The molecule has 1 fully saturated rings. The summed E-state index contributed by atoms with van der Waals surface area (Å²) in [7, 11) is 3.18. The van der Waals surface area contributed by atoms with E-state index in [1.807, 2.05) is 4.90 Å². The molecule has 1 amide bonds. The van der Waals surface area contributed by atoms with Crippen LogP contribution in [0, 0.1) is 0 Å². The number of carbonyl (C=O) groups excluding carboxylic acids is 1. The molecule has 22 heavy (non-hydrogen) atoms. The Labute approximate surface area is 138 Å². The molecule has 1 unspecified atom stereocenters. The van der Waals surface area contributed by atoms with Gasteiger partial charge in [0.05, 0.1) is 19.8 Å². The lowest BCUT2D eigenvalue weighted by molar-refractivity contribution is 0.0688. The van der Waals surface area contributed by atoms with E-state index in [-0.39, 0.29) is 24.4 Å². The molecule has 0 saturated carbocycles. The second-order valence-electron chi connectivity index (χ2n) is 5.21. The van der Waals surface area contributed by atoms with E-state index >= 15 is 0 Å². The normalized spacial score (nSPS) is 16.8. The van der Waals surface area contributed by atoms with Gasteiger partial charge in [-0.25, -0.2) is 0 Å². The Balaban J connectivity index is 0.00000242. The average Bonchev–Trinajstić information content (AvgIpc) is 3.05. The van der Waals surface area contributed by atoms with Gasteiger partial charge in [-0.15, -0.1) is 12.4 Å². The van der Waals surface area contributed by atoms with E-state index in [9.17, 15) is 4.79 Å². The van der Waals surface area contributed by atoms with Gasteiger partial charge >= 0.3 is 0 Å². The van der Waals surface area contributed by atoms with Crippen molar-refractivity contribution in [1.29, 1.82) is 0 Å². The Morgan fingerprint density at radius 1 is 1.36 bits per heavy atom. The number of methoxy groups -OCH3 is 2. The maximum Gasteiger partial charge on any atom is 0.258 e. The highest BCUT2D eigenvalue weighted by atomic mass is 35.5. The first-order valence-corrected chi connectivity index (χ1v) is 7.45. The summed E-state index contributed by atoms with van der Waals surface area (Å²) in [5, 5.41) is 3.32. The van der Waals surface area contributed by atoms with Gasteiger partial charge in [-0.2, -0.15) is 0 Å². The third kappa shape index (κ3) is 4.05. The molecule has 0 bridgehead atoms. The van der Waals surface area contributed by atoms with Crippen LogP contribution in [-0.4, -0.2) is 50.7 Å². The van der Waals surface area contributed by atoms with E-state index < -0.39 is 0 Å². The molecule has 0 aliphatic carbocycles. The van der Waals surface area contributed by atoms with Crippen molar-refractivity contribution in [3.8, 4) is 11.5 Å². The highest BCUT2D eigenvalue weighted by Gasteiger charge is 2.28. The number of halogens is 1. The van der Waals surface area contributed by atoms with Gasteiger partial charge in [-0.05, 0) is 37.6 Å². The summed E-state index contributed by atoms with van der Waals surface area (Å²) in [4.78, 5) is 14.9. The van der Waals surface area contributed by atoms with Gasteiger partial charge in [0.15, 0.2) is 0 Å². The number of carbonyl (C=O) groups is 1. The van der Waals surface area contributed by atoms with Crippen molar-refractivity contribution in [1.82, 2.24) is 10.2 Å². The van der Waals surface area contributed by atoms with Gasteiger partial charge in [0.1, 0.15) is 11.5 Å². The summed E-state index contributed by atoms with van der Waals surface area (Å²) in [5.41, 5.74) is 0.567. The number of rotatable bonds is 6. The fraction of sp³-hybridized carbons (Fsp3) is 0.562. The van der Waals surface area contributed by atoms with Crippen LogP contribution in [0.15, 0.2) is 18.2 Å². The molecule has 0 aromatic heterocycles. The van der Waals surface area contributed by atoms with Crippen LogP contribution in [0.2, 0.25) is 0 Å². The highest BCUT2D eigenvalue weighted by molar-refractivity contribution is 5.97. The molecule has 0 radical (unpaired) electrons. The summed E-state index contributed by atoms with van der Waals surface area (Å²) in [5.74, 6) is 1.27. The van der Waals surface area contributed by atoms with Crippen LogP contribution >= 0.6 is 12.4 Å². The third-order valence-electron chi connectivity index (χ3n) is 3.84. The zero-order valence-electron chi connectivity index (χ0n) is 13.4. The van der Waals surface area contributed by atoms with Crippen LogP contribution in [0.1, 0.15) is 30.1 Å². The minimum Gasteiger partial charge on any atom is -0.497 e. The smallest absolute Gasteiger partial charge is 0.258 e. The Hall–Kier alpha value is -1.46. The molecule has 1 heterocycles. The van der Waals surface area contributed by atoms with Crippen molar-refractivity contribution in [2.24, 2.45) is 0 Å². The van der Waals surface area contributed by atoms with Crippen molar-refractivity contribution in [2.45, 2.75) is 25.8 Å². The Kier molecular flexibility index (Phi) is 7.48. The van der Waals surface area contributed by atoms with E-state index in [0.29, 0.717) is 17.1 Å². The molecule has 1 aliphatic heterocycles. The Morgan fingerprint density at radius 3 is 2.68 bits per heavy atom. The van der Waals surface area contributed by atoms with Crippen LogP contribution in [0.3, 0.4) is 0 Å². The number of hydrogen-bond donors (Lipinski definition) is 1. The predicted molar refractivity (Wildman–Crippen MR) is 89.4 cm³/mol. The van der Waals surface area contributed by atoms with Crippen LogP contribution in [-0.2, 0) is 0 Å². The first kappa shape index (κ1) is 18.6. The Bertz CT molecular complexity index is 490. The SMILES string of the molecule is CCCN(C(=O)c1cc(OC)ccc1OC)C1CCNC1.Cl. The molecule has 1 aromatic rings. The van der Waals surface area contributed by atoms with Crippen LogP contribution in [0.25, 0.3) is 0 Å². The maximum atomic E-state index is 12.9. The quantitative estimate of drug-likeness (QED) is 0.871. The summed E-state index contributed by atoms with van der Waals surface area (Å²) in [6.45, 7) is 4.67. The number of nitrogens with one attached hydrogen (secondary N) is 1. The highest BCUT2D eigenvalue weighted by Crippen LogP contribution is 2.26. The Morgan fingerprint density at radius 2 is 2.14 bits per heavy atom. The van der Waals surface area contributed by atoms with Gasteiger partial charge in [-0.1, -0.05) is 6.92 Å². The molecule has 2 rings (SSSR count). The largest absolute Gasteiger partial charge is 0.497 e. The van der Waals surface area contributed by atoms with Crippen molar-refractivity contribution >= 4 is 18.3 Å². The molecule has 0 spiro atoms. The molecular formula is C16H25ClN2O3. The molecule has 1 aromatic carbocycles. The van der Waals surface area contributed by atoms with Crippen LogP contribution in [0.4, 0.5) is 0 Å². The molecule has 1 saturated heterocycles. The molecule has 5 nitrogen and oxygen atoms in total. The zero-order valence-corrected chi connectivity index (χ0v) is 14.2. The van der Waals surface area contributed by atoms with E-state index in [0.717, 1.165) is 32.5 Å². The van der Waals surface area contributed by atoms with E-state index in [1.54, 1.807) is 32.4 Å². The van der Waals surface area contributed by atoms with Crippen molar-refractivity contribution in [3.63, 3.8) is 0 Å². The van der Waals surface area contributed by atoms with Gasteiger partial charge in [0.2, 0.25) is 0 Å². The summed E-state index contributed by atoms with van der Waals surface area (Å²) >= 11 is 0. The molecule has 6 heteroatoms. The standard InChI is InChI=1S/C16H24N2O3.ClH/c1-4-9-18(12-7-8-17-11-12)16(19)14-10-13(20-2)5-6-15(14)21-3;/h5-6,10,12,17H,4,7-9,11H2,1-3H3;1H. The summed E-state index contributed by atoms with van der Waals surface area (Å²) < 4.78 is 10.6. The average molecular weight is 329 g/mol. The first-order chi connectivity index (χ1) is 10.2. The summed E-state index contributed by atoms with van der Waals surface area (Å²) in [6, 6.07) is 5.60. The van der Waals surface area contributed by atoms with E-state index in [4.69, 9.17) is 9.47 Å². The lowest BCUT2D eigenvalue weighted by Gasteiger charge is -2.29. The minimum absolute atomic E-state index is 0. The van der Waals surface area contributed by atoms with Gasteiger partial charge in [0.25, 0.3) is 5.91 Å². The molecule has 124 valence electrons. The first-order valence-electron chi connectivity index (χ1n) is 7.45. The zero-order chi connectivity index (χ0) is 15.2. The van der Waals surface area contributed by atoms with Crippen molar-refractivity contribution < 1.29 is 14.3 Å². The predicted octanol–water partition coefficient (Wildman–Crippen LogP) is 2.34. The fourth-order valence-corrected chi connectivity index (χ4v) is 2.73. The lowest BCUT2D eigenvalue weighted by Crippen LogP contribution is -2.42. The molecule has 1 atom stereocenters. The summed E-state index contributed by atoms with van der Waals surface area (Å²) in [6.07, 6.45) is 1.94. The number of benzene rings is 1. The minimum atomic E-state index is 0. The van der Waals surface area contributed by atoms with Gasteiger partial charge in [0, 0.05) is 19.1 Å². The van der Waals surface area contributed by atoms with E-state index in [1.165, 1.54) is 0 Å². The number of nitrogens with zero attached hydrogens (tertiary/aromatic N) is 1. The van der Waals surface area contributed by atoms with Gasteiger partial charge < -0.3 is 19.7 Å². The molecule has 1 N–H and O–H groups in total. The number of ether oxygens (including phenoxy) is 2. The maximum absolute atomic E-state index is 12.9. The molecular weight excluding hydrogens is 304 g/mol. The van der Waals surface area contributed by atoms with E-state index in [2.05, 4.69) is 12.2 Å². The van der Waals surface area contributed by atoms with Gasteiger partial charge in [-0.3, -0.25) is 4.79 Å². The lowest BCUT2D eigenvalue weighted by atomic mass is 10.1. The van der Waals surface area contributed by atoms with Crippen LogP contribution < -0.4 is 14.8 Å². The fourth-order valence-electron chi connectivity index (χ4n) is 2.73. The number of amides is 1. The third-order valence-corrected chi connectivity index (χ3v) is 3.84. The second-order valence-corrected chi connectivity index (χ2v) is 5.21. The second kappa shape index (κ2) is 8.86. The molecule has 1 aliphatic rings. The monoisotopic (exact) mass is 328 g/mol. The van der Waals surface area contributed by atoms with Crippen LogP contribution in [0.5, 0.6) is 11.5 Å². The topological polar surface area (TPSA) is 50.8 Å². The number of hydrogen-bond acceptors (Lipinski definition) is 4. The van der Waals surface area contributed by atoms with Crippen molar-refractivity contribution in [3.05, 3.63) is 23.8 Å².